The van der Waals surface area contributed by atoms with Gasteiger partial charge in [-0.1, -0.05) is 30.3 Å². The minimum atomic E-state index is -2.29. The van der Waals surface area contributed by atoms with Gasteiger partial charge in [0.2, 0.25) is 0 Å². The topological polar surface area (TPSA) is 23.5 Å². The second kappa shape index (κ2) is 6.25. The molecule has 0 aromatic heterocycles. The van der Waals surface area contributed by atoms with Crippen LogP contribution in [0.5, 0.6) is 0 Å². The van der Waals surface area contributed by atoms with Crippen molar-refractivity contribution in [2.24, 2.45) is 0 Å². The summed E-state index contributed by atoms with van der Waals surface area (Å²) in [5, 5.41) is 10.1. The molecule has 100 valence electrons. The van der Waals surface area contributed by atoms with Gasteiger partial charge in [0.1, 0.15) is 0 Å². The molecule has 2 nitrogen and oxygen atoms in total. The number of hydrogen-bond donors (Lipinski definition) is 1. The number of rotatable bonds is 5. The predicted octanol–water partition coefficient (Wildman–Crippen LogP) is 2.84. The molecule has 2 rings (SSSR count). The van der Waals surface area contributed by atoms with Crippen molar-refractivity contribution in [3.05, 3.63) is 35.9 Å². The van der Waals surface area contributed by atoms with E-state index in [2.05, 4.69) is 0 Å². The summed E-state index contributed by atoms with van der Waals surface area (Å²) in [6, 6.07) is 9.48. The number of hydrogen-bond acceptors (Lipinski definition) is 2. The third-order valence-corrected chi connectivity index (χ3v) is 3.55. The molecule has 1 aliphatic rings. The van der Waals surface area contributed by atoms with Crippen LogP contribution < -0.4 is 0 Å². The predicted molar refractivity (Wildman–Crippen MR) is 66.6 cm³/mol. The number of aliphatic hydroxyl groups is 1. The van der Waals surface area contributed by atoms with Crippen LogP contribution in [-0.4, -0.2) is 35.6 Å². The molecule has 1 aliphatic heterocycles. The first-order chi connectivity index (χ1) is 8.66. The van der Waals surface area contributed by atoms with E-state index in [9.17, 15) is 13.9 Å². The van der Waals surface area contributed by atoms with Crippen molar-refractivity contribution in [3.63, 3.8) is 0 Å². The Morgan fingerprint density at radius 3 is 2.67 bits per heavy atom. The van der Waals surface area contributed by atoms with Crippen molar-refractivity contribution in [1.29, 1.82) is 0 Å². The molecule has 0 aliphatic carbocycles. The van der Waals surface area contributed by atoms with E-state index >= 15 is 0 Å². The third kappa shape index (κ3) is 3.50. The zero-order valence-corrected chi connectivity index (χ0v) is 10.3. The molecule has 4 heteroatoms. The minimum absolute atomic E-state index is 0.0780. The highest BCUT2D eigenvalue weighted by atomic mass is 19.3. The molecule has 0 saturated carbocycles. The highest BCUT2D eigenvalue weighted by molar-refractivity contribution is 5.17. The summed E-state index contributed by atoms with van der Waals surface area (Å²) in [4.78, 5) is 1.80. The molecule has 1 N–H and O–H groups in total. The molecule has 0 amide bonds. The summed E-state index contributed by atoms with van der Waals surface area (Å²) in [5.41, 5.74) is 0.862. The van der Waals surface area contributed by atoms with Gasteiger partial charge in [0, 0.05) is 6.04 Å². The molecule has 0 spiro atoms. The van der Waals surface area contributed by atoms with Crippen LogP contribution in [0.2, 0.25) is 0 Å². The number of benzene rings is 1. The average Bonchev–Trinajstić information content (AvgIpc) is 2.77. The van der Waals surface area contributed by atoms with E-state index in [1.165, 1.54) is 0 Å². The highest BCUT2D eigenvalue weighted by Gasteiger charge is 2.28. The Labute approximate surface area is 106 Å². The normalized spacial score (nSPS) is 22.6. The zero-order chi connectivity index (χ0) is 13.0. The number of likely N-dealkylation sites (tertiary alicyclic amines) is 1. The Kier molecular flexibility index (Phi) is 4.66. The van der Waals surface area contributed by atoms with Crippen LogP contribution in [0.15, 0.2) is 30.3 Å². The second-order valence-electron chi connectivity index (χ2n) is 4.84. The lowest BCUT2D eigenvalue weighted by Crippen LogP contribution is -2.34. The van der Waals surface area contributed by atoms with Crippen molar-refractivity contribution in [1.82, 2.24) is 4.90 Å². The average molecular weight is 255 g/mol. The smallest absolute Gasteiger partial charge is 0.251 e. The fourth-order valence-electron chi connectivity index (χ4n) is 2.65. The van der Waals surface area contributed by atoms with Gasteiger partial charge in [-0.15, -0.1) is 0 Å². The number of alkyl halides is 2. The van der Waals surface area contributed by atoms with E-state index in [0.29, 0.717) is 6.42 Å². The molecular weight excluding hydrogens is 236 g/mol. The lowest BCUT2D eigenvalue weighted by atomic mass is 10.0. The third-order valence-electron chi connectivity index (χ3n) is 3.55. The molecule has 1 saturated heterocycles. The molecule has 1 aromatic rings. The van der Waals surface area contributed by atoms with Gasteiger partial charge in [-0.25, -0.2) is 8.78 Å². The van der Waals surface area contributed by atoms with Crippen molar-refractivity contribution >= 4 is 0 Å². The summed E-state index contributed by atoms with van der Waals surface area (Å²) in [5.74, 6) is 0. The summed E-state index contributed by atoms with van der Waals surface area (Å²) in [6.45, 7) is 0.544. The van der Waals surface area contributed by atoms with Gasteiger partial charge in [0.05, 0.1) is 12.6 Å². The molecule has 18 heavy (non-hydrogen) atoms. The van der Waals surface area contributed by atoms with E-state index in [4.69, 9.17) is 0 Å². The maximum Gasteiger partial charge on any atom is 0.251 e. The minimum Gasteiger partial charge on any atom is -0.388 e. The molecule has 1 heterocycles. The lowest BCUT2D eigenvalue weighted by molar-refractivity contribution is 0.0626. The number of halogens is 2. The standard InChI is InChI=1S/C14H19F2NO/c15-14(16)10-17-8-4-7-12(17)9-13(18)11-5-2-1-3-6-11/h1-3,5-6,12-14,18H,4,7-10H2/t12-,13-/m1/s1. The maximum absolute atomic E-state index is 12.4. The largest absolute Gasteiger partial charge is 0.388 e. The molecule has 0 radical (unpaired) electrons. The highest BCUT2D eigenvalue weighted by Crippen LogP contribution is 2.27. The number of nitrogens with zero attached hydrogens (tertiary/aromatic N) is 1. The van der Waals surface area contributed by atoms with Crippen LogP contribution >= 0.6 is 0 Å². The molecule has 1 aromatic carbocycles. The van der Waals surface area contributed by atoms with Gasteiger partial charge in [0.25, 0.3) is 6.43 Å². The van der Waals surface area contributed by atoms with Gasteiger partial charge in [-0.05, 0) is 31.4 Å². The van der Waals surface area contributed by atoms with Crippen molar-refractivity contribution in [2.45, 2.75) is 37.8 Å². The first-order valence-corrected chi connectivity index (χ1v) is 6.42. The Morgan fingerprint density at radius 2 is 2.00 bits per heavy atom. The van der Waals surface area contributed by atoms with Gasteiger partial charge in [-0.2, -0.15) is 0 Å². The summed E-state index contributed by atoms with van der Waals surface area (Å²) in [6.07, 6.45) is -0.472. The van der Waals surface area contributed by atoms with Crippen LogP contribution in [0.4, 0.5) is 8.78 Å². The number of aliphatic hydroxyl groups excluding tert-OH is 1. The molecule has 0 bridgehead atoms. The molecule has 1 fully saturated rings. The van der Waals surface area contributed by atoms with E-state index in [-0.39, 0.29) is 12.6 Å². The van der Waals surface area contributed by atoms with E-state index in [1.807, 2.05) is 30.3 Å². The second-order valence-corrected chi connectivity index (χ2v) is 4.84. The van der Waals surface area contributed by atoms with E-state index in [0.717, 1.165) is 24.9 Å². The Hall–Kier alpha value is -1.00. The Morgan fingerprint density at radius 1 is 1.28 bits per heavy atom. The molecule has 0 unspecified atom stereocenters. The Balaban J connectivity index is 1.92. The first-order valence-electron chi connectivity index (χ1n) is 6.42. The molecule has 2 atom stereocenters. The van der Waals surface area contributed by atoms with Crippen LogP contribution in [-0.2, 0) is 0 Å². The van der Waals surface area contributed by atoms with E-state index in [1.54, 1.807) is 4.90 Å². The zero-order valence-electron chi connectivity index (χ0n) is 10.3. The van der Waals surface area contributed by atoms with Gasteiger partial charge in [0.15, 0.2) is 0 Å². The van der Waals surface area contributed by atoms with Crippen LogP contribution in [0.25, 0.3) is 0 Å². The van der Waals surface area contributed by atoms with Crippen LogP contribution in [0.1, 0.15) is 30.9 Å². The summed E-state index contributed by atoms with van der Waals surface area (Å²) < 4.78 is 24.8. The monoisotopic (exact) mass is 255 g/mol. The van der Waals surface area contributed by atoms with Crippen molar-refractivity contribution in [2.75, 3.05) is 13.1 Å². The Bertz CT molecular complexity index is 358. The first kappa shape index (κ1) is 13.4. The van der Waals surface area contributed by atoms with Crippen LogP contribution in [0.3, 0.4) is 0 Å². The van der Waals surface area contributed by atoms with Gasteiger partial charge >= 0.3 is 0 Å². The summed E-state index contributed by atoms with van der Waals surface area (Å²) >= 11 is 0. The summed E-state index contributed by atoms with van der Waals surface area (Å²) in [7, 11) is 0. The van der Waals surface area contributed by atoms with Gasteiger partial charge < -0.3 is 5.11 Å². The van der Waals surface area contributed by atoms with Gasteiger partial charge in [-0.3, -0.25) is 4.90 Å². The maximum atomic E-state index is 12.4. The van der Waals surface area contributed by atoms with Crippen molar-refractivity contribution in [3.8, 4) is 0 Å². The lowest BCUT2D eigenvalue weighted by Gasteiger charge is -2.26. The molecular formula is C14H19F2NO. The van der Waals surface area contributed by atoms with Crippen LogP contribution in [0, 0.1) is 0 Å². The van der Waals surface area contributed by atoms with E-state index < -0.39 is 12.5 Å². The fourth-order valence-corrected chi connectivity index (χ4v) is 2.65. The fraction of sp³-hybridized carbons (Fsp3) is 0.571. The van der Waals surface area contributed by atoms with Crippen molar-refractivity contribution < 1.29 is 13.9 Å². The SMILES string of the molecule is O[C@H](C[C@H]1CCCN1CC(F)F)c1ccccc1. The quantitative estimate of drug-likeness (QED) is 0.874.